The van der Waals surface area contributed by atoms with Gasteiger partial charge in [0.15, 0.2) is 11.5 Å². The molecule has 0 aromatic heterocycles. The van der Waals surface area contributed by atoms with E-state index < -0.39 is 17.8 Å². The first kappa shape index (κ1) is 27.4. The molecule has 0 saturated heterocycles. The summed E-state index contributed by atoms with van der Waals surface area (Å²) in [6.45, 7) is 0.111. The number of nitrogens with one attached hydrogen (secondary N) is 2. The lowest BCUT2D eigenvalue weighted by atomic mass is 10.1. The molecule has 0 radical (unpaired) electrons. The zero-order chi connectivity index (χ0) is 28.6. The van der Waals surface area contributed by atoms with Crippen LogP contribution in [0.15, 0.2) is 112 Å². The van der Waals surface area contributed by atoms with Crippen molar-refractivity contribution in [2.24, 2.45) is 5.10 Å². The second-order valence-corrected chi connectivity index (χ2v) is 9.58. The summed E-state index contributed by atoms with van der Waals surface area (Å²) in [6, 6.07) is 27.2. The summed E-state index contributed by atoms with van der Waals surface area (Å²) < 4.78 is 17.0. The second-order valence-electron chi connectivity index (χ2n) is 8.66. The van der Waals surface area contributed by atoms with E-state index >= 15 is 0 Å². The minimum absolute atomic E-state index is 0.0356. The third-order valence-electron chi connectivity index (χ3n) is 5.75. The molecule has 1 aliphatic rings. The van der Waals surface area contributed by atoms with E-state index in [0.29, 0.717) is 39.5 Å². The maximum atomic E-state index is 13.1. The van der Waals surface area contributed by atoms with Crippen molar-refractivity contribution in [3.63, 3.8) is 0 Å². The summed E-state index contributed by atoms with van der Waals surface area (Å²) in [5, 5.41) is 6.68. The van der Waals surface area contributed by atoms with Gasteiger partial charge in [0.05, 0.1) is 11.8 Å². The number of fused-ring (bicyclic) bond motifs is 1. The van der Waals surface area contributed by atoms with Crippen molar-refractivity contribution in [3.05, 3.63) is 129 Å². The van der Waals surface area contributed by atoms with Crippen LogP contribution in [0, 0.1) is 0 Å². The molecule has 2 amide bonds. The lowest BCUT2D eigenvalue weighted by Gasteiger charge is -2.09. The van der Waals surface area contributed by atoms with Crippen LogP contribution in [0.1, 0.15) is 31.8 Å². The molecular weight excluding hydrogens is 590 g/mol. The van der Waals surface area contributed by atoms with Crippen molar-refractivity contribution in [2.75, 3.05) is 6.79 Å². The zero-order valence-corrected chi connectivity index (χ0v) is 23.0. The summed E-state index contributed by atoms with van der Waals surface area (Å²) in [7, 11) is 0. The summed E-state index contributed by atoms with van der Waals surface area (Å²) in [4.78, 5) is 38.4. The Kier molecular flexibility index (Phi) is 8.51. The molecule has 4 aromatic carbocycles. The maximum Gasteiger partial charge on any atom is 0.343 e. The van der Waals surface area contributed by atoms with Gasteiger partial charge in [-0.3, -0.25) is 9.59 Å². The summed E-state index contributed by atoms with van der Waals surface area (Å²) >= 11 is 3.34. The SMILES string of the molecule is O=C(N/N=C\c1cccc(OC(=O)c2cccc(Br)c2)c1)/C(=C\c1ccc2c(c1)OCO2)NC(=O)c1ccccc1. The lowest BCUT2D eigenvalue weighted by Crippen LogP contribution is -2.32. The van der Waals surface area contributed by atoms with Crippen LogP contribution in [0.4, 0.5) is 0 Å². The normalized spacial score (nSPS) is 12.2. The molecule has 0 saturated carbocycles. The number of ether oxygens (including phenoxy) is 3. The van der Waals surface area contributed by atoms with Crippen LogP contribution >= 0.6 is 15.9 Å². The number of carbonyl (C=O) groups excluding carboxylic acids is 3. The molecule has 0 bridgehead atoms. The number of nitrogens with zero attached hydrogens (tertiary/aromatic N) is 1. The van der Waals surface area contributed by atoms with Gasteiger partial charge in [0.25, 0.3) is 11.8 Å². The van der Waals surface area contributed by atoms with Crippen molar-refractivity contribution < 1.29 is 28.6 Å². The fourth-order valence-corrected chi connectivity index (χ4v) is 4.18. The quantitative estimate of drug-likeness (QED) is 0.0916. The van der Waals surface area contributed by atoms with Gasteiger partial charge in [-0.25, -0.2) is 10.2 Å². The number of amides is 2. The number of rotatable bonds is 8. The average molecular weight is 612 g/mol. The molecule has 1 aliphatic heterocycles. The average Bonchev–Trinajstić information content (AvgIpc) is 3.45. The van der Waals surface area contributed by atoms with Crippen LogP contribution in [0.2, 0.25) is 0 Å². The predicted molar refractivity (Wildman–Crippen MR) is 156 cm³/mol. The smallest absolute Gasteiger partial charge is 0.343 e. The molecule has 4 aromatic rings. The van der Waals surface area contributed by atoms with E-state index in [2.05, 4.69) is 31.8 Å². The fourth-order valence-electron chi connectivity index (χ4n) is 3.78. The predicted octanol–water partition coefficient (Wildman–Crippen LogP) is 5.32. The first-order chi connectivity index (χ1) is 19.9. The van der Waals surface area contributed by atoms with Gasteiger partial charge >= 0.3 is 5.97 Å². The highest BCUT2D eigenvalue weighted by Crippen LogP contribution is 2.33. The summed E-state index contributed by atoms with van der Waals surface area (Å²) in [6.07, 6.45) is 2.90. The molecule has 0 aliphatic carbocycles. The maximum absolute atomic E-state index is 13.1. The van der Waals surface area contributed by atoms with Crippen molar-refractivity contribution in [1.82, 2.24) is 10.7 Å². The van der Waals surface area contributed by atoms with E-state index in [-0.39, 0.29) is 12.5 Å². The Hall–Kier alpha value is -5.22. The number of hydrogen-bond donors (Lipinski definition) is 2. The highest BCUT2D eigenvalue weighted by atomic mass is 79.9. The van der Waals surface area contributed by atoms with E-state index in [1.807, 2.05) is 6.07 Å². The Morgan fingerprint density at radius 2 is 1.59 bits per heavy atom. The minimum atomic E-state index is -0.652. The third kappa shape index (κ3) is 7.25. The van der Waals surface area contributed by atoms with Gasteiger partial charge in [0.2, 0.25) is 6.79 Å². The van der Waals surface area contributed by atoms with Gasteiger partial charge in [-0.15, -0.1) is 0 Å². The first-order valence-electron chi connectivity index (χ1n) is 12.3. The van der Waals surface area contributed by atoms with E-state index in [4.69, 9.17) is 14.2 Å². The van der Waals surface area contributed by atoms with E-state index in [1.165, 1.54) is 12.3 Å². The highest BCUT2D eigenvalue weighted by molar-refractivity contribution is 9.10. The Labute approximate surface area is 243 Å². The number of hydrogen-bond acceptors (Lipinski definition) is 7. The highest BCUT2D eigenvalue weighted by Gasteiger charge is 2.17. The van der Waals surface area contributed by atoms with Crippen LogP contribution in [0.3, 0.4) is 0 Å². The van der Waals surface area contributed by atoms with Gasteiger partial charge in [0.1, 0.15) is 11.4 Å². The van der Waals surface area contributed by atoms with E-state index in [9.17, 15) is 14.4 Å². The molecule has 41 heavy (non-hydrogen) atoms. The summed E-state index contributed by atoms with van der Waals surface area (Å²) in [5.74, 6) is -0.191. The Morgan fingerprint density at radius 3 is 2.41 bits per heavy atom. The van der Waals surface area contributed by atoms with Crippen LogP contribution in [0.25, 0.3) is 6.08 Å². The van der Waals surface area contributed by atoms with Crippen molar-refractivity contribution >= 4 is 46.0 Å². The molecule has 1 heterocycles. The van der Waals surface area contributed by atoms with Crippen molar-refractivity contribution in [2.45, 2.75) is 0 Å². The molecular formula is C31H22BrN3O6. The molecule has 0 fully saturated rings. The third-order valence-corrected chi connectivity index (χ3v) is 6.24. The van der Waals surface area contributed by atoms with E-state index in [0.717, 1.165) is 4.47 Å². The standard InChI is InChI=1S/C31H22BrN3O6/c32-24-10-5-9-23(17-24)31(38)41-25-11-4-6-21(14-25)18-33-35-30(37)26(34-29(36)22-7-2-1-3-8-22)15-20-12-13-27-28(16-20)40-19-39-27/h1-18H,19H2,(H,34,36)(H,35,37)/b26-15+,33-18-. The molecule has 0 spiro atoms. The minimum Gasteiger partial charge on any atom is -0.454 e. The molecule has 0 unspecified atom stereocenters. The van der Waals surface area contributed by atoms with Crippen LogP contribution < -0.4 is 25.0 Å². The van der Waals surface area contributed by atoms with Crippen molar-refractivity contribution in [3.8, 4) is 17.2 Å². The Bertz CT molecular complexity index is 1670. The van der Waals surface area contributed by atoms with Crippen LogP contribution in [-0.2, 0) is 4.79 Å². The Morgan fingerprint density at radius 1 is 0.805 bits per heavy atom. The van der Waals surface area contributed by atoms with Gasteiger partial charge in [-0.1, -0.05) is 58.4 Å². The van der Waals surface area contributed by atoms with Crippen LogP contribution in [0.5, 0.6) is 17.2 Å². The number of carbonyl (C=O) groups is 3. The van der Waals surface area contributed by atoms with Gasteiger partial charge in [-0.2, -0.15) is 5.10 Å². The molecule has 9 nitrogen and oxygen atoms in total. The Balaban J connectivity index is 1.30. The lowest BCUT2D eigenvalue weighted by molar-refractivity contribution is -0.117. The number of benzene rings is 4. The molecule has 0 atom stereocenters. The first-order valence-corrected chi connectivity index (χ1v) is 13.1. The van der Waals surface area contributed by atoms with Crippen molar-refractivity contribution in [1.29, 1.82) is 0 Å². The topological polar surface area (TPSA) is 115 Å². The monoisotopic (exact) mass is 611 g/mol. The molecule has 204 valence electrons. The number of halogens is 1. The number of hydrazone groups is 1. The largest absolute Gasteiger partial charge is 0.454 e. The van der Waals surface area contributed by atoms with Gasteiger partial charge < -0.3 is 19.5 Å². The summed E-state index contributed by atoms with van der Waals surface area (Å²) in [5.41, 5.74) is 4.35. The molecule has 5 rings (SSSR count). The second kappa shape index (κ2) is 12.8. The fraction of sp³-hybridized carbons (Fsp3) is 0.0323. The van der Waals surface area contributed by atoms with E-state index in [1.54, 1.807) is 91.0 Å². The van der Waals surface area contributed by atoms with Crippen LogP contribution in [-0.4, -0.2) is 30.8 Å². The molecule has 10 heteroatoms. The zero-order valence-electron chi connectivity index (χ0n) is 21.4. The van der Waals surface area contributed by atoms with Gasteiger partial charge in [-0.05, 0) is 71.8 Å². The van der Waals surface area contributed by atoms with Gasteiger partial charge in [0, 0.05) is 10.0 Å². The number of esters is 1. The molecule has 2 N–H and O–H groups in total.